The van der Waals surface area contributed by atoms with Crippen LogP contribution in [-0.2, 0) is 22.5 Å². The topological polar surface area (TPSA) is 67.6 Å². The lowest BCUT2D eigenvalue weighted by Crippen LogP contribution is -2.45. The van der Waals surface area contributed by atoms with E-state index in [-0.39, 0.29) is 12.0 Å². The van der Waals surface area contributed by atoms with Gasteiger partial charge in [-0.3, -0.25) is 9.69 Å². The van der Waals surface area contributed by atoms with Crippen molar-refractivity contribution < 1.29 is 9.53 Å². The van der Waals surface area contributed by atoms with Crippen LogP contribution in [0.15, 0.2) is 24.3 Å². The van der Waals surface area contributed by atoms with Gasteiger partial charge in [0, 0.05) is 39.3 Å². The number of amides is 1. The first-order chi connectivity index (χ1) is 10.6. The normalized spacial score (nSPS) is 17.6. The number of carbonyl (C=O) groups excluding carboxylic acids is 1. The molecule has 0 aliphatic carbocycles. The molecule has 3 N–H and O–H groups in total. The van der Waals surface area contributed by atoms with Crippen LogP contribution in [0.4, 0.5) is 0 Å². The molecule has 5 heteroatoms. The first-order valence-corrected chi connectivity index (χ1v) is 7.94. The van der Waals surface area contributed by atoms with Crippen LogP contribution in [0.3, 0.4) is 0 Å². The van der Waals surface area contributed by atoms with E-state index < -0.39 is 0 Å². The predicted octanol–water partition coefficient (Wildman–Crippen LogP) is 0.913. The molecule has 0 bridgehead atoms. The maximum absolute atomic E-state index is 11.9. The molecule has 0 aromatic heterocycles. The Bertz CT molecular complexity index is 489. The number of nitrogens with two attached hydrogens (primary N) is 1. The lowest BCUT2D eigenvalue weighted by atomic mass is 9.99. The maximum Gasteiger partial charge on any atom is 0.222 e. The Hall–Kier alpha value is -1.43. The van der Waals surface area contributed by atoms with Gasteiger partial charge in [-0.05, 0) is 24.5 Å². The van der Waals surface area contributed by atoms with Crippen LogP contribution in [0.1, 0.15) is 24.5 Å². The number of hydrogen-bond acceptors (Lipinski definition) is 4. The third kappa shape index (κ3) is 4.53. The van der Waals surface area contributed by atoms with E-state index in [0.29, 0.717) is 25.6 Å². The zero-order valence-corrected chi connectivity index (χ0v) is 13.5. The van der Waals surface area contributed by atoms with Gasteiger partial charge < -0.3 is 15.8 Å². The van der Waals surface area contributed by atoms with E-state index in [1.807, 2.05) is 0 Å². The SMILES string of the molecule is COC(CN)CC(=O)NCC(C)N1CCc2ccccc2C1. The molecule has 2 unspecified atom stereocenters. The van der Waals surface area contributed by atoms with Crippen molar-refractivity contribution in [3.05, 3.63) is 35.4 Å². The van der Waals surface area contributed by atoms with E-state index in [9.17, 15) is 4.79 Å². The number of nitrogens with zero attached hydrogens (tertiary/aromatic N) is 1. The van der Waals surface area contributed by atoms with Crippen molar-refractivity contribution in [3.63, 3.8) is 0 Å². The van der Waals surface area contributed by atoms with E-state index >= 15 is 0 Å². The number of fused-ring (bicyclic) bond motifs is 1. The fraction of sp³-hybridized carbons (Fsp3) is 0.588. The summed E-state index contributed by atoms with van der Waals surface area (Å²) >= 11 is 0. The van der Waals surface area contributed by atoms with Gasteiger partial charge in [-0.15, -0.1) is 0 Å². The summed E-state index contributed by atoms with van der Waals surface area (Å²) in [4.78, 5) is 14.3. The van der Waals surface area contributed by atoms with Crippen molar-refractivity contribution in [1.29, 1.82) is 0 Å². The first kappa shape index (κ1) is 16.9. The molecule has 122 valence electrons. The van der Waals surface area contributed by atoms with Gasteiger partial charge >= 0.3 is 0 Å². The molecule has 5 nitrogen and oxygen atoms in total. The molecule has 1 aromatic carbocycles. The summed E-state index contributed by atoms with van der Waals surface area (Å²) in [5, 5.41) is 2.99. The molecule has 0 fully saturated rings. The van der Waals surface area contributed by atoms with Crippen LogP contribution in [0.2, 0.25) is 0 Å². The second kappa shape index (κ2) is 8.27. The smallest absolute Gasteiger partial charge is 0.222 e. The number of ether oxygens (including phenoxy) is 1. The largest absolute Gasteiger partial charge is 0.380 e. The molecule has 0 radical (unpaired) electrons. The number of carbonyl (C=O) groups is 1. The van der Waals surface area contributed by atoms with Crippen molar-refractivity contribution in [2.45, 2.75) is 38.5 Å². The van der Waals surface area contributed by atoms with Crippen LogP contribution < -0.4 is 11.1 Å². The third-order valence-electron chi connectivity index (χ3n) is 4.39. The standard InChI is InChI=1S/C17H27N3O2/c1-13(11-19-17(21)9-16(10-18)22-2)20-8-7-14-5-3-4-6-15(14)12-20/h3-6,13,16H,7-12,18H2,1-2H3,(H,19,21). The summed E-state index contributed by atoms with van der Waals surface area (Å²) in [7, 11) is 1.58. The maximum atomic E-state index is 11.9. The minimum absolute atomic E-state index is 0.00144. The van der Waals surface area contributed by atoms with Crippen LogP contribution in [0, 0.1) is 0 Å². The van der Waals surface area contributed by atoms with Crippen LogP contribution in [0.5, 0.6) is 0 Å². The lowest BCUT2D eigenvalue weighted by Gasteiger charge is -2.33. The molecular formula is C17H27N3O2. The highest BCUT2D eigenvalue weighted by molar-refractivity contribution is 5.76. The van der Waals surface area contributed by atoms with Gasteiger partial charge in [-0.2, -0.15) is 0 Å². The Morgan fingerprint density at radius 3 is 2.82 bits per heavy atom. The Kier molecular flexibility index (Phi) is 6.36. The molecule has 2 rings (SSSR count). The van der Waals surface area contributed by atoms with Crippen molar-refractivity contribution in [3.8, 4) is 0 Å². The van der Waals surface area contributed by atoms with Crippen molar-refractivity contribution in [1.82, 2.24) is 10.2 Å². The Balaban J connectivity index is 1.79. The van der Waals surface area contributed by atoms with Crippen molar-refractivity contribution in [2.75, 3.05) is 26.7 Å². The molecule has 0 spiro atoms. The van der Waals surface area contributed by atoms with E-state index in [1.165, 1.54) is 11.1 Å². The van der Waals surface area contributed by atoms with E-state index in [1.54, 1.807) is 7.11 Å². The number of methoxy groups -OCH3 is 1. The summed E-state index contributed by atoms with van der Waals surface area (Å²) in [5.74, 6) is 0.00144. The molecule has 22 heavy (non-hydrogen) atoms. The van der Waals surface area contributed by atoms with Crippen molar-refractivity contribution in [2.24, 2.45) is 5.73 Å². The highest BCUT2D eigenvalue weighted by Gasteiger charge is 2.21. The second-order valence-corrected chi connectivity index (χ2v) is 5.94. The highest BCUT2D eigenvalue weighted by Crippen LogP contribution is 2.19. The van der Waals surface area contributed by atoms with Gasteiger partial charge in [0.15, 0.2) is 0 Å². The number of hydrogen-bond donors (Lipinski definition) is 2. The van der Waals surface area contributed by atoms with Gasteiger partial charge in [0.1, 0.15) is 0 Å². The van der Waals surface area contributed by atoms with Gasteiger partial charge in [-0.1, -0.05) is 24.3 Å². The van der Waals surface area contributed by atoms with Crippen LogP contribution in [-0.4, -0.2) is 49.7 Å². The fourth-order valence-electron chi connectivity index (χ4n) is 2.83. The van der Waals surface area contributed by atoms with Gasteiger partial charge in [0.25, 0.3) is 0 Å². The van der Waals surface area contributed by atoms with E-state index in [2.05, 4.69) is 41.4 Å². The Labute approximate surface area is 132 Å². The number of benzene rings is 1. The predicted molar refractivity (Wildman–Crippen MR) is 87.5 cm³/mol. The summed E-state index contributed by atoms with van der Waals surface area (Å²) < 4.78 is 5.14. The van der Waals surface area contributed by atoms with Gasteiger partial charge in [0.2, 0.25) is 5.91 Å². The molecule has 2 atom stereocenters. The molecule has 0 saturated heterocycles. The van der Waals surface area contributed by atoms with Gasteiger partial charge in [0.05, 0.1) is 12.5 Å². The summed E-state index contributed by atoms with van der Waals surface area (Å²) in [5.41, 5.74) is 8.38. The molecule has 1 aliphatic rings. The summed E-state index contributed by atoms with van der Waals surface area (Å²) in [6.45, 7) is 5.17. The zero-order chi connectivity index (χ0) is 15.9. The average Bonchev–Trinajstić information content (AvgIpc) is 2.57. The quantitative estimate of drug-likeness (QED) is 0.786. The number of nitrogens with one attached hydrogen (secondary N) is 1. The van der Waals surface area contributed by atoms with Crippen LogP contribution in [0.25, 0.3) is 0 Å². The summed E-state index contributed by atoms with van der Waals surface area (Å²) in [6, 6.07) is 8.90. The van der Waals surface area contributed by atoms with E-state index in [0.717, 1.165) is 19.5 Å². The molecule has 1 aliphatic heterocycles. The molecule has 0 saturated carbocycles. The lowest BCUT2D eigenvalue weighted by molar-refractivity contribution is -0.123. The molecule has 1 amide bonds. The number of rotatable bonds is 7. The third-order valence-corrected chi connectivity index (χ3v) is 4.39. The Morgan fingerprint density at radius 1 is 1.41 bits per heavy atom. The zero-order valence-electron chi connectivity index (χ0n) is 13.5. The fourth-order valence-corrected chi connectivity index (χ4v) is 2.83. The monoisotopic (exact) mass is 305 g/mol. The minimum Gasteiger partial charge on any atom is -0.380 e. The highest BCUT2D eigenvalue weighted by atomic mass is 16.5. The summed E-state index contributed by atoms with van der Waals surface area (Å²) in [6.07, 6.45) is 1.20. The molecular weight excluding hydrogens is 278 g/mol. The minimum atomic E-state index is -0.197. The second-order valence-electron chi connectivity index (χ2n) is 5.94. The molecule has 1 heterocycles. The van der Waals surface area contributed by atoms with Crippen LogP contribution >= 0.6 is 0 Å². The first-order valence-electron chi connectivity index (χ1n) is 7.94. The van der Waals surface area contributed by atoms with Gasteiger partial charge in [-0.25, -0.2) is 0 Å². The Morgan fingerprint density at radius 2 is 2.14 bits per heavy atom. The van der Waals surface area contributed by atoms with Crippen molar-refractivity contribution >= 4 is 5.91 Å². The van der Waals surface area contributed by atoms with E-state index in [4.69, 9.17) is 10.5 Å². The molecule has 1 aromatic rings. The average molecular weight is 305 g/mol.